The summed E-state index contributed by atoms with van der Waals surface area (Å²) in [6, 6.07) is 16.5. The van der Waals surface area contributed by atoms with Crippen molar-refractivity contribution in [2.24, 2.45) is 10.1 Å². The highest BCUT2D eigenvalue weighted by molar-refractivity contribution is 7.89. The van der Waals surface area contributed by atoms with Gasteiger partial charge in [0.05, 0.1) is 17.7 Å². The highest BCUT2D eigenvalue weighted by Crippen LogP contribution is 2.09. The number of halogens is 1. The number of hydrogen-bond donors (Lipinski definition) is 3. The lowest BCUT2D eigenvalue weighted by atomic mass is 10.1. The Morgan fingerprint density at radius 3 is 2.35 bits per heavy atom. The van der Waals surface area contributed by atoms with Crippen molar-refractivity contribution in [1.82, 2.24) is 10.6 Å². The van der Waals surface area contributed by atoms with Crippen LogP contribution in [0.2, 0.25) is 0 Å². The van der Waals surface area contributed by atoms with Crippen LogP contribution in [-0.2, 0) is 29.4 Å². The molecule has 164 valence electrons. The van der Waals surface area contributed by atoms with Gasteiger partial charge in [0.15, 0.2) is 5.96 Å². The molecule has 31 heavy (non-hydrogen) atoms. The van der Waals surface area contributed by atoms with E-state index >= 15 is 0 Å². The summed E-state index contributed by atoms with van der Waals surface area (Å²) in [5, 5.41) is 11.6. The van der Waals surface area contributed by atoms with E-state index in [1.807, 2.05) is 18.2 Å². The van der Waals surface area contributed by atoms with Gasteiger partial charge in [0.25, 0.3) is 0 Å². The van der Waals surface area contributed by atoms with Crippen LogP contribution in [0, 0.1) is 5.82 Å². The molecule has 2 aromatic carbocycles. The number of hydrogen-bond acceptors (Lipinski definition) is 4. The number of nitrogens with one attached hydrogen (secondary N) is 2. The minimum Gasteiger partial charge on any atom is -0.469 e. The predicted molar refractivity (Wildman–Crippen MR) is 117 cm³/mol. The van der Waals surface area contributed by atoms with Crippen molar-refractivity contribution >= 4 is 16.0 Å². The number of primary sulfonamides is 1. The molecule has 9 heteroatoms. The molecule has 0 amide bonds. The van der Waals surface area contributed by atoms with Crippen LogP contribution in [0.3, 0.4) is 0 Å². The van der Waals surface area contributed by atoms with Gasteiger partial charge in [-0.25, -0.2) is 22.9 Å². The summed E-state index contributed by atoms with van der Waals surface area (Å²) in [7, 11) is -3.72. The van der Waals surface area contributed by atoms with Gasteiger partial charge in [-0.1, -0.05) is 24.3 Å². The molecule has 0 fully saturated rings. The van der Waals surface area contributed by atoms with E-state index < -0.39 is 10.0 Å². The monoisotopic (exact) mass is 444 g/mol. The molecule has 0 aliphatic heterocycles. The maximum atomic E-state index is 13.4. The average molecular weight is 445 g/mol. The van der Waals surface area contributed by atoms with Crippen molar-refractivity contribution in [1.29, 1.82) is 0 Å². The highest BCUT2D eigenvalue weighted by atomic mass is 32.2. The summed E-state index contributed by atoms with van der Waals surface area (Å²) >= 11 is 0. The first-order valence-corrected chi connectivity index (χ1v) is 11.4. The summed E-state index contributed by atoms with van der Waals surface area (Å²) < 4.78 is 41.5. The number of nitrogens with two attached hydrogens (primary N) is 1. The molecule has 0 aliphatic rings. The highest BCUT2D eigenvalue weighted by Gasteiger charge is 2.07. The van der Waals surface area contributed by atoms with E-state index in [-0.39, 0.29) is 10.7 Å². The Kier molecular flexibility index (Phi) is 7.80. The third-order valence-corrected chi connectivity index (χ3v) is 5.44. The minimum atomic E-state index is -3.72. The van der Waals surface area contributed by atoms with E-state index in [0.29, 0.717) is 38.4 Å². The number of guanidine groups is 1. The van der Waals surface area contributed by atoms with Gasteiger partial charge in [-0.15, -0.1) is 0 Å². The van der Waals surface area contributed by atoms with Gasteiger partial charge in [0.2, 0.25) is 10.0 Å². The van der Waals surface area contributed by atoms with E-state index in [1.54, 1.807) is 24.5 Å². The topological polar surface area (TPSA) is 110 Å². The first-order valence-electron chi connectivity index (χ1n) is 9.81. The number of furan rings is 1. The van der Waals surface area contributed by atoms with Crippen molar-refractivity contribution in [2.45, 2.75) is 24.3 Å². The zero-order valence-corrected chi connectivity index (χ0v) is 17.7. The van der Waals surface area contributed by atoms with E-state index in [0.717, 1.165) is 16.9 Å². The Balaban J connectivity index is 1.60. The molecule has 0 bridgehead atoms. The first kappa shape index (κ1) is 22.5. The first-order chi connectivity index (χ1) is 14.9. The average Bonchev–Trinajstić information content (AvgIpc) is 3.25. The Morgan fingerprint density at radius 2 is 1.71 bits per heavy atom. The van der Waals surface area contributed by atoms with Crippen molar-refractivity contribution in [3.05, 3.63) is 89.6 Å². The predicted octanol–water partition coefficient (Wildman–Crippen LogP) is 2.59. The second kappa shape index (κ2) is 10.7. The fraction of sp³-hybridized carbons (Fsp3) is 0.227. The van der Waals surface area contributed by atoms with Crippen LogP contribution in [0.1, 0.15) is 16.9 Å². The molecule has 0 aliphatic carbocycles. The number of sulfonamides is 1. The fourth-order valence-corrected chi connectivity index (χ4v) is 3.42. The molecule has 4 N–H and O–H groups in total. The van der Waals surface area contributed by atoms with Gasteiger partial charge in [0, 0.05) is 19.5 Å². The summed E-state index contributed by atoms with van der Waals surface area (Å²) in [5.41, 5.74) is 1.73. The maximum absolute atomic E-state index is 13.4. The van der Waals surface area contributed by atoms with Crippen LogP contribution in [-0.4, -0.2) is 27.5 Å². The molecule has 0 radical (unpaired) electrons. The van der Waals surface area contributed by atoms with Crippen molar-refractivity contribution in [3.63, 3.8) is 0 Å². The molecule has 1 heterocycles. The fourth-order valence-electron chi connectivity index (χ4n) is 2.91. The smallest absolute Gasteiger partial charge is 0.238 e. The second-order valence-electron chi connectivity index (χ2n) is 6.92. The van der Waals surface area contributed by atoms with Crippen LogP contribution in [0.5, 0.6) is 0 Å². The summed E-state index contributed by atoms with van der Waals surface area (Å²) in [4.78, 5) is 4.62. The van der Waals surface area contributed by atoms with Gasteiger partial charge >= 0.3 is 0 Å². The van der Waals surface area contributed by atoms with E-state index in [9.17, 15) is 12.8 Å². The molecule has 0 unspecified atom stereocenters. The molecule has 3 rings (SSSR count). The van der Waals surface area contributed by atoms with Crippen molar-refractivity contribution in [2.75, 3.05) is 13.1 Å². The van der Waals surface area contributed by atoms with E-state index in [2.05, 4.69) is 15.6 Å². The molecular weight excluding hydrogens is 419 g/mol. The Labute approximate surface area is 181 Å². The third kappa shape index (κ3) is 7.54. The minimum absolute atomic E-state index is 0.0604. The Bertz CT molecular complexity index is 1100. The van der Waals surface area contributed by atoms with Crippen molar-refractivity contribution in [3.8, 4) is 0 Å². The van der Waals surface area contributed by atoms with Gasteiger partial charge in [0.1, 0.15) is 11.6 Å². The number of aliphatic imine (C=N–C) groups is 1. The second-order valence-corrected chi connectivity index (χ2v) is 8.48. The van der Waals surface area contributed by atoms with Gasteiger partial charge in [-0.05, 0) is 53.9 Å². The van der Waals surface area contributed by atoms with E-state index in [1.165, 1.54) is 24.3 Å². The standard InChI is InChI=1S/C22H25FN4O3S/c23-19-4-1-3-17(15-19)10-12-25-22(26-13-11-20-5-2-14-30-20)27-16-18-6-8-21(9-7-18)31(24,28)29/h1-9,14-15H,10-13,16H2,(H2,24,28,29)(H2,25,26,27). The molecule has 0 saturated heterocycles. The number of benzene rings is 2. The zero-order valence-electron chi connectivity index (χ0n) is 16.9. The lowest BCUT2D eigenvalue weighted by molar-refractivity contribution is 0.506. The molecule has 7 nitrogen and oxygen atoms in total. The molecule has 0 atom stereocenters. The van der Waals surface area contributed by atoms with E-state index in [4.69, 9.17) is 9.56 Å². The summed E-state index contributed by atoms with van der Waals surface area (Å²) in [6.07, 6.45) is 2.97. The van der Waals surface area contributed by atoms with Gasteiger partial charge in [-0.2, -0.15) is 0 Å². The maximum Gasteiger partial charge on any atom is 0.238 e. The third-order valence-electron chi connectivity index (χ3n) is 4.51. The number of rotatable bonds is 9. The van der Waals surface area contributed by atoms with Gasteiger partial charge < -0.3 is 15.1 Å². The molecule has 1 aromatic heterocycles. The van der Waals surface area contributed by atoms with Crippen molar-refractivity contribution < 1.29 is 17.2 Å². The normalized spacial score (nSPS) is 12.0. The van der Waals surface area contributed by atoms with Crippen LogP contribution in [0.15, 0.2) is 81.2 Å². The van der Waals surface area contributed by atoms with Crippen LogP contribution < -0.4 is 15.8 Å². The Hall–Kier alpha value is -3.17. The van der Waals surface area contributed by atoms with Crippen LogP contribution in [0.4, 0.5) is 4.39 Å². The van der Waals surface area contributed by atoms with Gasteiger partial charge in [-0.3, -0.25) is 0 Å². The Morgan fingerprint density at radius 1 is 0.968 bits per heavy atom. The molecule has 0 saturated carbocycles. The lowest BCUT2D eigenvalue weighted by Gasteiger charge is -2.12. The SMILES string of the molecule is NS(=O)(=O)c1ccc(CN=C(NCCc2cccc(F)c2)NCCc2ccco2)cc1. The number of nitrogens with zero attached hydrogens (tertiary/aromatic N) is 1. The van der Waals surface area contributed by atoms with Crippen LogP contribution >= 0.6 is 0 Å². The quantitative estimate of drug-likeness (QED) is 0.347. The lowest BCUT2D eigenvalue weighted by Crippen LogP contribution is -2.39. The summed E-state index contributed by atoms with van der Waals surface area (Å²) in [5.74, 6) is 1.20. The molecular formula is C22H25FN4O3S. The summed E-state index contributed by atoms with van der Waals surface area (Å²) in [6.45, 7) is 1.53. The molecule has 0 spiro atoms. The van der Waals surface area contributed by atoms with Crippen LogP contribution in [0.25, 0.3) is 0 Å². The molecule has 3 aromatic rings. The largest absolute Gasteiger partial charge is 0.469 e. The zero-order chi connectivity index (χ0) is 22.1.